The van der Waals surface area contributed by atoms with E-state index in [1.54, 1.807) is 24.3 Å². The second-order valence-corrected chi connectivity index (χ2v) is 16.6. The minimum absolute atomic E-state index is 0.133. The molecule has 8 rings (SSSR count). The highest BCUT2D eigenvalue weighted by Crippen LogP contribution is 2.42. The zero-order chi connectivity index (χ0) is 41.0. The molecule has 0 spiro atoms. The van der Waals surface area contributed by atoms with E-state index in [0.717, 1.165) is 43.1 Å². The molecular formula is C47H39Cl2N3O6S. The maximum absolute atomic E-state index is 14.3. The van der Waals surface area contributed by atoms with Crippen LogP contribution in [0.4, 0.5) is 0 Å². The number of carbonyl (C=O) groups excluding carboxylic acids is 1. The molecule has 2 aliphatic heterocycles. The number of hydrogen-bond acceptors (Lipinski definition) is 8. The molecule has 0 unspecified atom stereocenters. The highest BCUT2D eigenvalue weighted by atomic mass is 35.5. The number of nitrogens with one attached hydrogen (secondary N) is 1. The molecule has 1 amide bonds. The number of nitriles is 1. The third-order valence-corrected chi connectivity index (χ3v) is 12.7. The van der Waals surface area contributed by atoms with Gasteiger partial charge in [0.25, 0.3) is 0 Å². The molecule has 0 aliphatic carbocycles. The number of hydrogen-bond donors (Lipinski definition) is 2. The molecule has 298 valence electrons. The topological polar surface area (TPSA) is 121 Å². The standard InChI is InChI=1S/C47H39Cl2N3O6S/c1-28(31-5-3-2-4-6-31)52-25-35-22-43-42(57-27-44(58-43)32-12-14-36(15-13-32)56-26-30-9-17-38(48)39(49)19-30)21-34(35)20-41(52)46(53)51-40(47(54)55)23-37-16-18-45(59-37)33-10-7-29(24-50)8-11-33/h2-19,21-22,28,40-41,44H,20,23,25-27H2,1H3,(H,51,53)(H,54,55)/t28-,40-,41-,44+/m0/s1. The highest BCUT2D eigenvalue weighted by molar-refractivity contribution is 7.15. The summed E-state index contributed by atoms with van der Waals surface area (Å²) in [6.45, 7) is 3.15. The van der Waals surface area contributed by atoms with Crippen molar-refractivity contribution in [3.05, 3.63) is 170 Å². The second-order valence-electron chi connectivity index (χ2n) is 14.6. The first-order valence-corrected chi connectivity index (χ1v) is 20.7. The van der Waals surface area contributed by atoms with Gasteiger partial charge in [-0.05, 0) is 107 Å². The van der Waals surface area contributed by atoms with Gasteiger partial charge in [-0.3, -0.25) is 9.69 Å². The van der Waals surface area contributed by atoms with Crippen molar-refractivity contribution in [1.82, 2.24) is 10.2 Å². The Morgan fingerprint density at radius 3 is 2.42 bits per heavy atom. The SMILES string of the molecule is C[C@@H](c1ccccc1)N1Cc2cc3c(cc2C[C@H]1C(=O)N[C@@H](Cc1ccc(-c2ccc(C#N)cc2)s1)C(=O)O)OC[C@H](c1ccc(OCc2ccc(Cl)c(Cl)c2)cc1)O3. The molecule has 5 aromatic carbocycles. The molecule has 59 heavy (non-hydrogen) atoms. The van der Waals surface area contributed by atoms with Gasteiger partial charge in [-0.2, -0.15) is 5.26 Å². The Balaban J connectivity index is 0.979. The van der Waals surface area contributed by atoms with Gasteiger partial charge < -0.3 is 24.6 Å². The van der Waals surface area contributed by atoms with Crippen LogP contribution < -0.4 is 19.5 Å². The normalized spacial score (nSPS) is 16.9. The van der Waals surface area contributed by atoms with E-state index < -0.39 is 18.1 Å². The number of rotatable bonds is 12. The molecule has 0 radical (unpaired) electrons. The van der Waals surface area contributed by atoms with E-state index in [4.69, 9.17) is 42.7 Å². The minimum Gasteiger partial charge on any atom is -0.489 e. The first-order chi connectivity index (χ1) is 28.6. The number of halogens is 2. The largest absolute Gasteiger partial charge is 0.489 e. The van der Waals surface area contributed by atoms with E-state index in [2.05, 4.69) is 23.2 Å². The van der Waals surface area contributed by atoms with E-state index in [1.165, 1.54) is 11.3 Å². The Morgan fingerprint density at radius 1 is 0.932 bits per heavy atom. The van der Waals surface area contributed by atoms with E-state index in [1.807, 2.05) is 97.1 Å². The van der Waals surface area contributed by atoms with Gasteiger partial charge in [0.15, 0.2) is 17.6 Å². The van der Waals surface area contributed by atoms with E-state index in [9.17, 15) is 14.7 Å². The summed E-state index contributed by atoms with van der Waals surface area (Å²) in [7, 11) is 0. The number of thiophene rings is 1. The first-order valence-electron chi connectivity index (χ1n) is 19.2. The minimum atomic E-state index is -1.13. The summed E-state index contributed by atoms with van der Waals surface area (Å²) >= 11 is 13.7. The maximum atomic E-state index is 14.3. The quantitative estimate of drug-likeness (QED) is 0.125. The van der Waals surface area contributed by atoms with Crippen LogP contribution in [0.25, 0.3) is 10.4 Å². The summed E-state index contributed by atoms with van der Waals surface area (Å²) in [6, 6.07) is 38.3. The number of carboxylic acid groups (broad SMARTS) is 1. The van der Waals surface area contributed by atoms with Crippen molar-refractivity contribution in [2.45, 2.75) is 57.1 Å². The van der Waals surface area contributed by atoms with Crippen molar-refractivity contribution in [3.8, 4) is 33.8 Å². The van der Waals surface area contributed by atoms with Crippen LogP contribution in [0.2, 0.25) is 10.0 Å². The third kappa shape index (κ3) is 9.09. The van der Waals surface area contributed by atoms with Crippen molar-refractivity contribution in [2.75, 3.05) is 6.61 Å². The number of carboxylic acids is 1. The summed E-state index contributed by atoms with van der Waals surface area (Å²) in [6.07, 6.45) is 0.145. The smallest absolute Gasteiger partial charge is 0.326 e. The van der Waals surface area contributed by atoms with E-state index in [-0.39, 0.29) is 24.5 Å². The molecule has 0 saturated carbocycles. The molecule has 6 aromatic rings. The van der Waals surface area contributed by atoms with Gasteiger partial charge in [0, 0.05) is 28.8 Å². The second kappa shape index (κ2) is 17.6. The van der Waals surface area contributed by atoms with Crippen molar-refractivity contribution in [1.29, 1.82) is 5.26 Å². The Kier molecular flexibility index (Phi) is 11.9. The van der Waals surface area contributed by atoms with Crippen molar-refractivity contribution in [3.63, 3.8) is 0 Å². The Morgan fingerprint density at radius 2 is 1.69 bits per heavy atom. The fraction of sp³-hybridized carbons (Fsp3) is 0.213. The predicted octanol–water partition coefficient (Wildman–Crippen LogP) is 9.99. The summed E-state index contributed by atoms with van der Waals surface area (Å²) in [5.74, 6) is 0.466. The van der Waals surface area contributed by atoms with Crippen LogP contribution in [0, 0.1) is 11.3 Å². The Labute approximate surface area is 356 Å². The molecule has 2 N–H and O–H groups in total. The van der Waals surface area contributed by atoms with Gasteiger partial charge in [0.05, 0.1) is 27.7 Å². The molecular weight excluding hydrogens is 806 g/mol. The summed E-state index contributed by atoms with van der Waals surface area (Å²) in [5.41, 5.74) is 6.35. The highest BCUT2D eigenvalue weighted by Gasteiger charge is 2.38. The molecule has 9 nitrogen and oxygen atoms in total. The zero-order valence-electron chi connectivity index (χ0n) is 31.9. The third-order valence-electron chi connectivity index (χ3n) is 10.8. The van der Waals surface area contributed by atoms with Crippen molar-refractivity contribution < 1.29 is 28.9 Å². The van der Waals surface area contributed by atoms with Crippen LogP contribution in [0.1, 0.15) is 57.3 Å². The van der Waals surface area contributed by atoms with Gasteiger partial charge >= 0.3 is 5.97 Å². The van der Waals surface area contributed by atoms with Gasteiger partial charge in [-0.25, -0.2) is 4.79 Å². The molecule has 4 atom stereocenters. The monoisotopic (exact) mass is 843 g/mol. The molecule has 0 fully saturated rings. The lowest BCUT2D eigenvalue weighted by Gasteiger charge is -2.41. The number of amides is 1. The van der Waals surface area contributed by atoms with Crippen LogP contribution in [0.5, 0.6) is 17.2 Å². The molecule has 1 aromatic heterocycles. The van der Waals surface area contributed by atoms with E-state index in [0.29, 0.717) is 59.0 Å². The summed E-state index contributed by atoms with van der Waals surface area (Å²) in [4.78, 5) is 30.8. The lowest BCUT2D eigenvalue weighted by molar-refractivity contribution is -0.143. The predicted molar refractivity (Wildman–Crippen MR) is 228 cm³/mol. The number of fused-ring (bicyclic) bond motifs is 2. The van der Waals surface area contributed by atoms with Crippen LogP contribution in [-0.4, -0.2) is 40.6 Å². The van der Waals surface area contributed by atoms with Gasteiger partial charge in [0.2, 0.25) is 5.91 Å². The van der Waals surface area contributed by atoms with Crippen LogP contribution >= 0.6 is 34.5 Å². The summed E-state index contributed by atoms with van der Waals surface area (Å²) < 4.78 is 18.8. The Bertz CT molecular complexity index is 2520. The number of nitrogens with zero attached hydrogens (tertiary/aromatic N) is 2. The average molecular weight is 845 g/mol. The maximum Gasteiger partial charge on any atom is 0.326 e. The number of carbonyl (C=O) groups is 2. The fourth-order valence-electron chi connectivity index (χ4n) is 7.50. The Hall–Kier alpha value is -5.83. The lowest BCUT2D eigenvalue weighted by Crippen LogP contribution is -2.54. The van der Waals surface area contributed by atoms with Gasteiger partial charge in [0.1, 0.15) is 25.0 Å². The van der Waals surface area contributed by atoms with Crippen LogP contribution in [0.3, 0.4) is 0 Å². The average Bonchev–Trinajstić information content (AvgIpc) is 3.74. The first kappa shape index (κ1) is 40.0. The number of benzene rings is 5. The molecule has 3 heterocycles. The van der Waals surface area contributed by atoms with Crippen molar-refractivity contribution in [2.24, 2.45) is 0 Å². The molecule has 0 bridgehead atoms. The van der Waals surface area contributed by atoms with Gasteiger partial charge in [-0.15, -0.1) is 11.3 Å². The van der Waals surface area contributed by atoms with Crippen molar-refractivity contribution >= 4 is 46.4 Å². The van der Waals surface area contributed by atoms with Crippen LogP contribution in [0.15, 0.2) is 121 Å². The summed E-state index contributed by atoms with van der Waals surface area (Å²) in [5, 5.41) is 23.3. The van der Waals surface area contributed by atoms with Crippen LogP contribution in [-0.2, 0) is 35.6 Å². The molecule has 2 aliphatic rings. The molecule has 12 heteroatoms. The fourth-order valence-corrected chi connectivity index (χ4v) is 8.88. The number of ether oxygens (including phenoxy) is 3. The lowest BCUT2D eigenvalue weighted by atomic mass is 9.90. The zero-order valence-corrected chi connectivity index (χ0v) is 34.3. The van der Waals surface area contributed by atoms with Gasteiger partial charge in [-0.1, -0.05) is 83.9 Å². The number of aliphatic carboxylic acids is 1. The molecule has 0 saturated heterocycles. The van der Waals surface area contributed by atoms with E-state index >= 15 is 0 Å².